The molecule has 2 saturated heterocycles. The number of amides is 2. The molecule has 1 aromatic carbocycles. The van der Waals surface area contributed by atoms with Gasteiger partial charge in [-0.1, -0.05) is 12.8 Å². The van der Waals surface area contributed by atoms with Crippen molar-refractivity contribution in [3.63, 3.8) is 0 Å². The number of nitrogens with one attached hydrogen (secondary N) is 1. The van der Waals surface area contributed by atoms with E-state index in [4.69, 9.17) is 4.74 Å². The van der Waals surface area contributed by atoms with Crippen LogP contribution in [0.25, 0.3) is 10.9 Å². The van der Waals surface area contributed by atoms with Crippen molar-refractivity contribution < 1.29 is 14.3 Å². The number of carbonyl (C=O) groups excluding carboxylic acids is 2. The van der Waals surface area contributed by atoms with Crippen LogP contribution in [-0.2, 0) is 16.0 Å². The minimum Gasteiger partial charge on any atom is -0.497 e. The van der Waals surface area contributed by atoms with Gasteiger partial charge < -0.3 is 9.72 Å². The normalized spacial score (nSPS) is 26.7. The highest BCUT2D eigenvalue weighted by Crippen LogP contribution is 2.38. The van der Waals surface area contributed by atoms with Crippen LogP contribution in [0.15, 0.2) is 24.4 Å². The van der Waals surface area contributed by atoms with Crippen LogP contribution in [0.1, 0.15) is 50.5 Å². The van der Waals surface area contributed by atoms with Gasteiger partial charge in [-0.05, 0) is 68.8 Å². The van der Waals surface area contributed by atoms with Crippen molar-refractivity contribution in [1.29, 1.82) is 0 Å². The summed E-state index contributed by atoms with van der Waals surface area (Å²) in [5.74, 6) is 1.03. The van der Waals surface area contributed by atoms with Gasteiger partial charge in [-0.2, -0.15) is 0 Å². The molecule has 1 aromatic heterocycles. The summed E-state index contributed by atoms with van der Waals surface area (Å²) in [5, 5.41) is 1.24. The maximum atomic E-state index is 12.7. The topological polar surface area (TPSA) is 65.6 Å². The summed E-state index contributed by atoms with van der Waals surface area (Å²) in [6.07, 6.45) is 10.4. The van der Waals surface area contributed by atoms with Crippen molar-refractivity contribution in [1.82, 2.24) is 14.8 Å². The van der Waals surface area contributed by atoms with Crippen LogP contribution < -0.4 is 4.74 Å². The van der Waals surface area contributed by atoms with Crippen molar-refractivity contribution in [2.24, 2.45) is 11.8 Å². The molecule has 31 heavy (non-hydrogen) atoms. The number of nitrogens with zero attached hydrogens (tertiary/aromatic N) is 2. The van der Waals surface area contributed by atoms with Crippen LogP contribution in [0.2, 0.25) is 0 Å². The summed E-state index contributed by atoms with van der Waals surface area (Å²) in [6.45, 7) is 2.63. The molecule has 1 N–H and O–H groups in total. The largest absolute Gasteiger partial charge is 0.497 e. The number of H-pyrrole nitrogens is 1. The summed E-state index contributed by atoms with van der Waals surface area (Å²) in [6, 6.07) is 6.69. The Morgan fingerprint density at radius 2 is 1.81 bits per heavy atom. The number of imide groups is 1. The number of aromatic nitrogens is 1. The first kappa shape index (κ1) is 20.6. The Morgan fingerprint density at radius 3 is 2.55 bits per heavy atom. The van der Waals surface area contributed by atoms with Crippen LogP contribution in [-0.4, -0.2) is 59.4 Å². The van der Waals surface area contributed by atoms with Crippen LogP contribution in [0.5, 0.6) is 5.75 Å². The lowest BCUT2D eigenvalue weighted by Crippen LogP contribution is -2.36. The molecule has 0 bridgehead atoms. The van der Waals surface area contributed by atoms with E-state index in [1.54, 1.807) is 12.0 Å². The molecule has 5 rings (SSSR count). The maximum Gasteiger partial charge on any atom is 0.233 e. The van der Waals surface area contributed by atoms with Crippen molar-refractivity contribution in [2.75, 3.05) is 26.7 Å². The second kappa shape index (κ2) is 8.65. The lowest BCUT2D eigenvalue weighted by atomic mass is 9.81. The van der Waals surface area contributed by atoms with E-state index in [2.05, 4.69) is 28.2 Å². The lowest BCUT2D eigenvalue weighted by Gasteiger charge is -2.25. The number of hydrogen-bond acceptors (Lipinski definition) is 4. The molecule has 1 aliphatic carbocycles. The van der Waals surface area contributed by atoms with E-state index in [1.165, 1.54) is 23.8 Å². The summed E-state index contributed by atoms with van der Waals surface area (Å²) in [4.78, 5) is 32.9. The molecule has 2 aliphatic heterocycles. The number of rotatable bonds is 7. The third-order valence-corrected chi connectivity index (χ3v) is 7.69. The minimum atomic E-state index is -0.0281. The molecule has 2 amide bonds. The van der Waals surface area contributed by atoms with E-state index >= 15 is 0 Å². The molecule has 1 saturated carbocycles. The van der Waals surface area contributed by atoms with Crippen LogP contribution in [0.3, 0.4) is 0 Å². The van der Waals surface area contributed by atoms with Gasteiger partial charge in [0, 0.05) is 36.2 Å². The van der Waals surface area contributed by atoms with Gasteiger partial charge in [0.1, 0.15) is 5.75 Å². The van der Waals surface area contributed by atoms with Gasteiger partial charge in [-0.3, -0.25) is 19.4 Å². The zero-order chi connectivity index (χ0) is 21.4. The zero-order valence-corrected chi connectivity index (χ0v) is 18.4. The highest BCUT2D eigenvalue weighted by atomic mass is 16.5. The molecule has 3 atom stereocenters. The maximum absolute atomic E-state index is 12.7. The average Bonchev–Trinajstić information content (AvgIpc) is 3.48. The third kappa shape index (κ3) is 3.86. The van der Waals surface area contributed by atoms with E-state index in [1.807, 2.05) is 6.07 Å². The second-order valence-corrected chi connectivity index (χ2v) is 9.44. The number of carbonyl (C=O) groups is 2. The molecule has 3 fully saturated rings. The van der Waals surface area contributed by atoms with E-state index < -0.39 is 0 Å². The molecule has 0 radical (unpaired) electrons. The number of ether oxygens (including phenoxy) is 1. The Balaban J connectivity index is 1.19. The Hall–Kier alpha value is -2.34. The summed E-state index contributed by atoms with van der Waals surface area (Å²) in [5.41, 5.74) is 2.48. The SMILES string of the molecule is COc1ccc2[nH]cc(C[C@H]3CCCN3CCCN3C(=O)[C@H]4CCCC[C@H]4C3=O)c2c1. The van der Waals surface area contributed by atoms with Gasteiger partial charge in [0.25, 0.3) is 0 Å². The van der Waals surface area contributed by atoms with Crippen molar-refractivity contribution in [2.45, 2.75) is 57.4 Å². The molecule has 2 aromatic rings. The van der Waals surface area contributed by atoms with E-state index in [9.17, 15) is 9.59 Å². The first-order valence-electron chi connectivity index (χ1n) is 11.9. The van der Waals surface area contributed by atoms with Crippen molar-refractivity contribution >= 4 is 22.7 Å². The fourth-order valence-electron chi connectivity index (χ4n) is 6.01. The summed E-state index contributed by atoms with van der Waals surface area (Å²) < 4.78 is 5.41. The van der Waals surface area contributed by atoms with E-state index in [-0.39, 0.29) is 23.7 Å². The predicted molar refractivity (Wildman–Crippen MR) is 120 cm³/mol. The molecule has 0 spiro atoms. The van der Waals surface area contributed by atoms with Gasteiger partial charge in [0.2, 0.25) is 11.8 Å². The van der Waals surface area contributed by atoms with Crippen LogP contribution in [0.4, 0.5) is 0 Å². The predicted octanol–water partition coefficient (Wildman–Crippen LogP) is 3.75. The molecule has 0 unspecified atom stereocenters. The number of likely N-dealkylation sites (tertiary alicyclic amines) is 2. The molecular weight excluding hydrogens is 390 g/mol. The quantitative estimate of drug-likeness (QED) is 0.689. The molecule has 166 valence electrons. The van der Waals surface area contributed by atoms with Gasteiger partial charge in [-0.25, -0.2) is 0 Å². The van der Waals surface area contributed by atoms with E-state index in [0.717, 1.165) is 62.9 Å². The Bertz CT molecular complexity index is 944. The number of benzene rings is 1. The number of methoxy groups -OCH3 is 1. The van der Waals surface area contributed by atoms with Gasteiger partial charge in [0.05, 0.1) is 18.9 Å². The second-order valence-electron chi connectivity index (χ2n) is 9.44. The Labute approximate surface area is 183 Å². The first-order chi connectivity index (χ1) is 15.2. The number of fused-ring (bicyclic) bond motifs is 2. The van der Waals surface area contributed by atoms with Gasteiger partial charge in [-0.15, -0.1) is 0 Å². The fourth-order valence-corrected chi connectivity index (χ4v) is 6.01. The van der Waals surface area contributed by atoms with Gasteiger partial charge in [0.15, 0.2) is 0 Å². The Kier molecular flexibility index (Phi) is 5.74. The summed E-state index contributed by atoms with van der Waals surface area (Å²) >= 11 is 0. The number of hydrogen-bond donors (Lipinski definition) is 1. The first-order valence-corrected chi connectivity index (χ1v) is 11.9. The molecular formula is C25H33N3O3. The Morgan fingerprint density at radius 1 is 1.03 bits per heavy atom. The average molecular weight is 424 g/mol. The smallest absolute Gasteiger partial charge is 0.233 e. The van der Waals surface area contributed by atoms with Crippen molar-refractivity contribution in [3.8, 4) is 5.75 Å². The van der Waals surface area contributed by atoms with Crippen molar-refractivity contribution in [3.05, 3.63) is 30.0 Å². The number of aromatic amines is 1. The highest BCUT2D eigenvalue weighted by Gasteiger charge is 2.47. The van der Waals surface area contributed by atoms with Crippen LogP contribution in [0, 0.1) is 11.8 Å². The summed E-state index contributed by atoms with van der Waals surface area (Å²) in [7, 11) is 1.71. The molecule has 3 aliphatic rings. The monoisotopic (exact) mass is 423 g/mol. The minimum absolute atomic E-state index is 0.0281. The fraction of sp³-hybridized carbons (Fsp3) is 0.600. The van der Waals surface area contributed by atoms with Gasteiger partial charge >= 0.3 is 0 Å². The zero-order valence-electron chi connectivity index (χ0n) is 18.4. The highest BCUT2D eigenvalue weighted by molar-refractivity contribution is 6.05. The molecule has 6 heteroatoms. The standard InChI is InChI=1S/C25H33N3O3/c1-31-19-9-10-23-22(15-19)17(16-26-23)14-18-6-4-11-27(18)12-5-13-28-24(29)20-7-2-3-8-21(20)25(28)30/h9-10,15-16,18,20-21,26H,2-8,11-14H2,1H3/t18-,20-,21+/m1/s1. The van der Waals surface area contributed by atoms with E-state index in [0.29, 0.717) is 12.6 Å². The third-order valence-electron chi connectivity index (χ3n) is 7.69. The van der Waals surface area contributed by atoms with Crippen LogP contribution >= 0.6 is 0 Å². The lowest BCUT2D eigenvalue weighted by molar-refractivity contribution is -0.140. The molecule has 6 nitrogen and oxygen atoms in total. The molecule has 3 heterocycles.